The van der Waals surface area contributed by atoms with E-state index in [1.807, 2.05) is 24.3 Å². The van der Waals surface area contributed by atoms with E-state index in [0.29, 0.717) is 17.1 Å². The van der Waals surface area contributed by atoms with Crippen LogP contribution in [0.2, 0.25) is 0 Å². The number of fused-ring (bicyclic) bond motifs is 1. The number of benzene rings is 2. The molecule has 2 aromatic carbocycles. The average molecular weight is 413 g/mol. The first-order chi connectivity index (χ1) is 14.0. The number of carbonyl (C=O) groups excluding carboxylic acids is 3. The van der Waals surface area contributed by atoms with Gasteiger partial charge in [-0.2, -0.15) is 0 Å². The van der Waals surface area contributed by atoms with Crippen LogP contribution in [0.5, 0.6) is 0 Å². The standard InChI is InChI=1S/C21H23N3O4S/c1-3-24(4-2)16-8-6-15(7-9-16)22-19(25)12-28-21(27)14-5-10-18-17(11-14)23-20(26)13-29-18/h5-11H,3-4,12-13H2,1-2H3,(H,22,25)(H,23,26). The molecule has 29 heavy (non-hydrogen) atoms. The number of esters is 1. The van der Waals surface area contributed by atoms with Crippen molar-refractivity contribution in [3.05, 3.63) is 48.0 Å². The van der Waals surface area contributed by atoms with E-state index in [4.69, 9.17) is 4.74 Å². The highest BCUT2D eigenvalue weighted by atomic mass is 32.2. The maximum Gasteiger partial charge on any atom is 0.338 e. The number of rotatable bonds is 7. The van der Waals surface area contributed by atoms with Gasteiger partial charge < -0.3 is 20.3 Å². The molecule has 2 amide bonds. The summed E-state index contributed by atoms with van der Waals surface area (Å²) in [6.07, 6.45) is 0. The monoisotopic (exact) mass is 413 g/mol. The number of nitrogens with one attached hydrogen (secondary N) is 2. The SMILES string of the molecule is CCN(CC)c1ccc(NC(=O)COC(=O)c2ccc3c(c2)NC(=O)CS3)cc1. The molecule has 1 heterocycles. The Morgan fingerprint density at radius 3 is 2.55 bits per heavy atom. The zero-order valence-corrected chi connectivity index (χ0v) is 17.2. The fourth-order valence-corrected chi connectivity index (χ4v) is 3.75. The third kappa shape index (κ3) is 5.29. The van der Waals surface area contributed by atoms with Crippen molar-refractivity contribution in [1.29, 1.82) is 0 Å². The van der Waals surface area contributed by atoms with Gasteiger partial charge >= 0.3 is 5.97 Å². The zero-order chi connectivity index (χ0) is 20.8. The molecular weight excluding hydrogens is 390 g/mol. The molecule has 8 heteroatoms. The minimum absolute atomic E-state index is 0.112. The van der Waals surface area contributed by atoms with Crippen molar-refractivity contribution < 1.29 is 19.1 Å². The quantitative estimate of drug-likeness (QED) is 0.677. The molecule has 7 nitrogen and oxygen atoms in total. The second-order valence-electron chi connectivity index (χ2n) is 6.39. The first-order valence-corrected chi connectivity index (χ1v) is 10.4. The molecule has 0 spiro atoms. The van der Waals surface area contributed by atoms with Crippen LogP contribution in [0.4, 0.5) is 17.1 Å². The van der Waals surface area contributed by atoms with Gasteiger partial charge in [-0.25, -0.2) is 4.79 Å². The molecule has 2 aromatic rings. The number of amides is 2. The van der Waals surface area contributed by atoms with Gasteiger partial charge in [-0.1, -0.05) is 0 Å². The number of carbonyl (C=O) groups is 3. The lowest BCUT2D eigenvalue weighted by atomic mass is 10.2. The summed E-state index contributed by atoms with van der Waals surface area (Å²) in [6, 6.07) is 12.4. The molecule has 1 aliphatic rings. The zero-order valence-electron chi connectivity index (χ0n) is 16.4. The highest BCUT2D eigenvalue weighted by Gasteiger charge is 2.18. The van der Waals surface area contributed by atoms with Gasteiger partial charge in [0.05, 0.1) is 17.0 Å². The predicted molar refractivity (Wildman–Crippen MR) is 115 cm³/mol. The Hall–Kier alpha value is -3.00. The molecule has 0 radical (unpaired) electrons. The molecule has 152 valence electrons. The lowest BCUT2D eigenvalue weighted by Crippen LogP contribution is -2.22. The van der Waals surface area contributed by atoms with E-state index in [-0.39, 0.29) is 11.5 Å². The van der Waals surface area contributed by atoms with E-state index in [1.165, 1.54) is 11.8 Å². The summed E-state index contributed by atoms with van der Waals surface area (Å²) >= 11 is 1.41. The minimum Gasteiger partial charge on any atom is -0.452 e. The van der Waals surface area contributed by atoms with Gasteiger partial charge in [-0.3, -0.25) is 9.59 Å². The Morgan fingerprint density at radius 2 is 1.86 bits per heavy atom. The highest BCUT2D eigenvalue weighted by molar-refractivity contribution is 8.00. The van der Waals surface area contributed by atoms with Gasteiger partial charge in [-0.15, -0.1) is 11.8 Å². The van der Waals surface area contributed by atoms with E-state index in [2.05, 4.69) is 29.4 Å². The number of anilines is 3. The Kier molecular flexibility index (Phi) is 6.77. The van der Waals surface area contributed by atoms with Gasteiger partial charge in [0.2, 0.25) is 5.91 Å². The maximum atomic E-state index is 12.2. The van der Waals surface area contributed by atoms with E-state index in [9.17, 15) is 14.4 Å². The largest absolute Gasteiger partial charge is 0.452 e. The van der Waals surface area contributed by atoms with Crippen LogP contribution >= 0.6 is 11.8 Å². The molecule has 0 saturated carbocycles. The molecule has 3 rings (SSSR count). The van der Waals surface area contributed by atoms with Gasteiger partial charge in [0, 0.05) is 29.4 Å². The van der Waals surface area contributed by atoms with Crippen LogP contribution < -0.4 is 15.5 Å². The van der Waals surface area contributed by atoms with Crippen molar-refractivity contribution in [1.82, 2.24) is 0 Å². The van der Waals surface area contributed by atoms with Crippen LogP contribution in [0.15, 0.2) is 47.4 Å². The summed E-state index contributed by atoms with van der Waals surface area (Å²) in [4.78, 5) is 38.9. The molecule has 0 aromatic heterocycles. The Balaban J connectivity index is 1.53. The lowest BCUT2D eigenvalue weighted by Gasteiger charge is -2.21. The molecule has 0 bridgehead atoms. The Bertz CT molecular complexity index is 911. The van der Waals surface area contributed by atoms with Gasteiger partial charge in [-0.05, 0) is 56.3 Å². The Morgan fingerprint density at radius 1 is 1.14 bits per heavy atom. The van der Waals surface area contributed by atoms with Crippen molar-refractivity contribution in [2.45, 2.75) is 18.7 Å². The lowest BCUT2D eigenvalue weighted by molar-refractivity contribution is -0.119. The first kappa shape index (κ1) is 20.7. The van der Waals surface area contributed by atoms with Crippen LogP contribution in [-0.4, -0.2) is 43.2 Å². The molecule has 0 aliphatic carbocycles. The number of nitrogens with zero attached hydrogens (tertiary/aromatic N) is 1. The fraction of sp³-hybridized carbons (Fsp3) is 0.286. The smallest absolute Gasteiger partial charge is 0.338 e. The van der Waals surface area contributed by atoms with Crippen molar-refractivity contribution in [3.63, 3.8) is 0 Å². The third-order valence-corrected chi connectivity index (χ3v) is 5.54. The fourth-order valence-electron chi connectivity index (χ4n) is 2.97. The van der Waals surface area contributed by atoms with E-state index in [0.717, 1.165) is 23.7 Å². The summed E-state index contributed by atoms with van der Waals surface area (Å²) in [5, 5.41) is 5.43. The summed E-state index contributed by atoms with van der Waals surface area (Å²) in [5.74, 6) is -0.799. The predicted octanol–water partition coefficient (Wildman–Crippen LogP) is 3.37. The van der Waals surface area contributed by atoms with E-state index in [1.54, 1.807) is 18.2 Å². The topological polar surface area (TPSA) is 87.7 Å². The van der Waals surface area contributed by atoms with Gasteiger partial charge in [0.1, 0.15) is 0 Å². The number of ether oxygens (including phenoxy) is 1. The molecule has 2 N–H and O–H groups in total. The number of hydrogen-bond donors (Lipinski definition) is 2. The molecule has 0 saturated heterocycles. The maximum absolute atomic E-state index is 12.2. The Labute approximate surface area is 173 Å². The average Bonchev–Trinajstić information content (AvgIpc) is 2.73. The van der Waals surface area contributed by atoms with Crippen LogP contribution in [0.3, 0.4) is 0 Å². The van der Waals surface area contributed by atoms with E-state index < -0.39 is 18.5 Å². The van der Waals surface area contributed by atoms with Crippen molar-refractivity contribution >= 4 is 46.6 Å². The van der Waals surface area contributed by atoms with Gasteiger partial charge in [0.25, 0.3) is 5.91 Å². The normalized spacial score (nSPS) is 12.6. The van der Waals surface area contributed by atoms with Crippen LogP contribution in [0.25, 0.3) is 0 Å². The van der Waals surface area contributed by atoms with Crippen LogP contribution in [0.1, 0.15) is 24.2 Å². The number of hydrogen-bond acceptors (Lipinski definition) is 6. The summed E-state index contributed by atoms with van der Waals surface area (Å²) < 4.78 is 5.10. The van der Waals surface area contributed by atoms with Gasteiger partial charge in [0.15, 0.2) is 6.61 Å². The van der Waals surface area contributed by atoms with E-state index >= 15 is 0 Å². The highest BCUT2D eigenvalue weighted by Crippen LogP contribution is 2.32. The van der Waals surface area contributed by atoms with Crippen LogP contribution in [-0.2, 0) is 14.3 Å². The molecule has 0 unspecified atom stereocenters. The summed E-state index contributed by atoms with van der Waals surface area (Å²) in [7, 11) is 0. The molecule has 0 fully saturated rings. The minimum atomic E-state index is -0.621. The molecule has 1 aliphatic heterocycles. The van der Waals surface area contributed by atoms with Crippen molar-refractivity contribution in [2.24, 2.45) is 0 Å². The first-order valence-electron chi connectivity index (χ1n) is 9.38. The van der Waals surface area contributed by atoms with Crippen molar-refractivity contribution in [3.8, 4) is 0 Å². The van der Waals surface area contributed by atoms with Crippen molar-refractivity contribution in [2.75, 3.05) is 41.0 Å². The summed E-state index contributed by atoms with van der Waals surface area (Å²) in [6.45, 7) is 5.59. The number of thioether (sulfide) groups is 1. The molecule has 0 atom stereocenters. The third-order valence-electron chi connectivity index (χ3n) is 4.46. The summed E-state index contributed by atoms with van der Waals surface area (Å²) in [5.41, 5.74) is 2.58. The molecular formula is C21H23N3O4S. The van der Waals surface area contributed by atoms with Crippen LogP contribution in [0, 0.1) is 0 Å². The second kappa shape index (κ2) is 9.47. The second-order valence-corrected chi connectivity index (χ2v) is 7.41.